The van der Waals surface area contributed by atoms with Crippen molar-refractivity contribution in [2.24, 2.45) is 0 Å². The van der Waals surface area contributed by atoms with Crippen molar-refractivity contribution >= 4 is 22.7 Å². The molecule has 0 aliphatic carbocycles. The fourth-order valence-electron chi connectivity index (χ4n) is 3.59. The number of alkyl halides is 3. The molecule has 1 heterocycles. The van der Waals surface area contributed by atoms with E-state index in [0.29, 0.717) is 21.6 Å². The monoisotopic (exact) mass is 454 g/mol. The highest BCUT2D eigenvalue weighted by molar-refractivity contribution is 7.98. The zero-order valence-corrected chi connectivity index (χ0v) is 18.4. The SMILES string of the molecule is CC(C)c1ccccc1-n1c(SCc2cccc(C(F)(F)F)c2)nc2ccccc2c1=O. The Kier molecular flexibility index (Phi) is 6.11. The molecule has 0 amide bonds. The molecule has 0 fully saturated rings. The van der Waals surface area contributed by atoms with Gasteiger partial charge in [-0.25, -0.2) is 4.98 Å². The van der Waals surface area contributed by atoms with Crippen LogP contribution in [0.2, 0.25) is 0 Å². The molecule has 7 heteroatoms. The Morgan fingerprint density at radius 1 is 0.969 bits per heavy atom. The van der Waals surface area contributed by atoms with Gasteiger partial charge in [0.25, 0.3) is 5.56 Å². The summed E-state index contributed by atoms with van der Waals surface area (Å²) in [6, 6.07) is 20.0. The Bertz CT molecular complexity index is 1330. The van der Waals surface area contributed by atoms with Crippen LogP contribution in [0, 0.1) is 0 Å². The summed E-state index contributed by atoms with van der Waals surface area (Å²) in [4.78, 5) is 18.2. The lowest BCUT2D eigenvalue weighted by molar-refractivity contribution is -0.137. The van der Waals surface area contributed by atoms with Crippen LogP contribution in [0.1, 0.15) is 36.5 Å². The molecule has 3 nitrogen and oxygen atoms in total. The molecule has 0 bridgehead atoms. The predicted octanol–water partition coefficient (Wildman–Crippen LogP) is 6.82. The second kappa shape index (κ2) is 8.82. The highest BCUT2D eigenvalue weighted by atomic mass is 32.2. The van der Waals surface area contributed by atoms with Crippen LogP contribution in [0.15, 0.2) is 82.7 Å². The minimum Gasteiger partial charge on any atom is -0.268 e. The van der Waals surface area contributed by atoms with Gasteiger partial charge in [0.05, 0.1) is 22.2 Å². The molecule has 0 aliphatic rings. The van der Waals surface area contributed by atoms with Gasteiger partial charge in [0.15, 0.2) is 5.16 Å². The smallest absolute Gasteiger partial charge is 0.268 e. The number of para-hydroxylation sites is 2. The third-order valence-corrected chi connectivity index (χ3v) is 6.18. The quantitative estimate of drug-likeness (QED) is 0.245. The average Bonchev–Trinajstić information content (AvgIpc) is 2.77. The van der Waals surface area contributed by atoms with Crippen LogP contribution in [0.5, 0.6) is 0 Å². The number of fused-ring (bicyclic) bond motifs is 1. The highest BCUT2D eigenvalue weighted by Crippen LogP contribution is 2.32. The Balaban J connectivity index is 1.83. The van der Waals surface area contributed by atoms with E-state index < -0.39 is 11.7 Å². The first-order valence-corrected chi connectivity index (χ1v) is 11.1. The Morgan fingerprint density at radius 3 is 2.44 bits per heavy atom. The molecule has 0 radical (unpaired) electrons. The minimum atomic E-state index is -4.40. The molecule has 0 saturated heterocycles. The van der Waals surface area contributed by atoms with Crippen molar-refractivity contribution in [1.82, 2.24) is 9.55 Å². The molecule has 0 aliphatic heterocycles. The van der Waals surface area contributed by atoms with E-state index in [0.717, 1.165) is 23.4 Å². The summed E-state index contributed by atoms with van der Waals surface area (Å²) >= 11 is 1.25. The highest BCUT2D eigenvalue weighted by Gasteiger charge is 2.30. The first-order valence-electron chi connectivity index (χ1n) is 10.2. The number of nitrogens with zero attached hydrogens (tertiary/aromatic N) is 2. The molecule has 0 atom stereocenters. The second-order valence-electron chi connectivity index (χ2n) is 7.75. The van der Waals surface area contributed by atoms with Crippen molar-refractivity contribution in [3.63, 3.8) is 0 Å². The van der Waals surface area contributed by atoms with Crippen molar-refractivity contribution in [3.05, 3.63) is 99.8 Å². The number of rotatable bonds is 5. The second-order valence-corrected chi connectivity index (χ2v) is 8.69. The summed E-state index contributed by atoms with van der Waals surface area (Å²) in [7, 11) is 0. The van der Waals surface area contributed by atoms with Gasteiger partial charge < -0.3 is 0 Å². The molecule has 0 N–H and O–H groups in total. The first-order chi connectivity index (χ1) is 15.3. The fourth-order valence-corrected chi connectivity index (χ4v) is 4.53. The zero-order valence-electron chi connectivity index (χ0n) is 17.6. The van der Waals surface area contributed by atoms with Crippen LogP contribution in [-0.4, -0.2) is 9.55 Å². The van der Waals surface area contributed by atoms with Crippen molar-refractivity contribution in [2.75, 3.05) is 0 Å². The van der Waals surface area contributed by atoms with Crippen LogP contribution in [0.4, 0.5) is 13.2 Å². The standard InChI is InChI=1S/C25H21F3N2OS/c1-16(2)19-10-4-6-13-22(19)30-23(31)20-11-3-5-12-21(20)29-24(30)32-15-17-8-7-9-18(14-17)25(26,27)28/h3-14,16H,15H2,1-2H3. The molecule has 1 aromatic heterocycles. The Labute approximate surface area is 187 Å². The zero-order chi connectivity index (χ0) is 22.9. The Hall–Kier alpha value is -3.06. The van der Waals surface area contributed by atoms with Crippen LogP contribution in [-0.2, 0) is 11.9 Å². The summed E-state index contributed by atoms with van der Waals surface area (Å²) in [6.07, 6.45) is -4.40. The molecule has 164 valence electrons. The number of aromatic nitrogens is 2. The van der Waals surface area contributed by atoms with Gasteiger partial charge in [-0.15, -0.1) is 0 Å². The Morgan fingerprint density at radius 2 is 1.69 bits per heavy atom. The molecule has 3 aromatic carbocycles. The molecule has 4 rings (SSSR count). The maximum Gasteiger partial charge on any atom is 0.416 e. The van der Waals surface area contributed by atoms with Crippen LogP contribution < -0.4 is 5.56 Å². The molecule has 32 heavy (non-hydrogen) atoms. The van der Waals surface area contributed by atoms with E-state index in [4.69, 9.17) is 4.98 Å². The van der Waals surface area contributed by atoms with Gasteiger partial charge in [0.2, 0.25) is 0 Å². The van der Waals surface area contributed by atoms with Crippen LogP contribution in [0.25, 0.3) is 16.6 Å². The van der Waals surface area contributed by atoms with Gasteiger partial charge in [-0.3, -0.25) is 9.36 Å². The van der Waals surface area contributed by atoms with E-state index in [-0.39, 0.29) is 17.2 Å². The maximum atomic E-state index is 13.5. The number of benzene rings is 3. The van der Waals surface area contributed by atoms with E-state index >= 15 is 0 Å². The van der Waals surface area contributed by atoms with E-state index in [1.165, 1.54) is 17.8 Å². The van der Waals surface area contributed by atoms with Gasteiger partial charge in [-0.1, -0.05) is 74.1 Å². The number of thioether (sulfide) groups is 1. The molecule has 0 unspecified atom stereocenters. The van der Waals surface area contributed by atoms with Crippen molar-refractivity contribution in [2.45, 2.75) is 36.9 Å². The summed E-state index contributed by atoms with van der Waals surface area (Å²) < 4.78 is 40.9. The van der Waals surface area contributed by atoms with Gasteiger partial charge in [0, 0.05) is 5.75 Å². The van der Waals surface area contributed by atoms with Gasteiger partial charge in [0.1, 0.15) is 0 Å². The average molecular weight is 455 g/mol. The molecular weight excluding hydrogens is 433 g/mol. The summed E-state index contributed by atoms with van der Waals surface area (Å²) in [5.41, 5.74) is 1.91. The topological polar surface area (TPSA) is 34.9 Å². The normalized spacial score (nSPS) is 11.9. The van der Waals surface area contributed by atoms with E-state index in [2.05, 4.69) is 0 Å². The molecule has 0 saturated carbocycles. The third kappa shape index (κ3) is 4.43. The van der Waals surface area contributed by atoms with E-state index in [1.54, 1.807) is 28.8 Å². The minimum absolute atomic E-state index is 0.172. The fraction of sp³-hybridized carbons (Fsp3) is 0.200. The lowest BCUT2D eigenvalue weighted by Gasteiger charge is -2.18. The molecule has 4 aromatic rings. The largest absolute Gasteiger partial charge is 0.416 e. The molecule has 0 spiro atoms. The first kappa shape index (κ1) is 22.1. The summed E-state index contributed by atoms with van der Waals surface area (Å²) in [5, 5.41) is 0.939. The van der Waals surface area contributed by atoms with Crippen molar-refractivity contribution in [1.29, 1.82) is 0 Å². The number of halogens is 3. The van der Waals surface area contributed by atoms with Crippen LogP contribution >= 0.6 is 11.8 Å². The van der Waals surface area contributed by atoms with Crippen molar-refractivity contribution in [3.8, 4) is 5.69 Å². The van der Waals surface area contributed by atoms with Gasteiger partial charge in [-0.05, 0) is 41.3 Å². The summed E-state index contributed by atoms with van der Waals surface area (Å²) in [6.45, 7) is 4.10. The van der Waals surface area contributed by atoms with E-state index in [1.807, 2.05) is 44.2 Å². The summed E-state index contributed by atoms with van der Waals surface area (Å²) in [5.74, 6) is 0.421. The maximum absolute atomic E-state index is 13.5. The van der Waals surface area contributed by atoms with Crippen molar-refractivity contribution < 1.29 is 13.2 Å². The molecular formula is C25H21F3N2OS. The lowest BCUT2D eigenvalue weighted by Crippen LogP contribution is -2.23. The predicted molar refractivity (Wildman–Crippen MR) is 122 cm³/mol. The number of hydrogen-bond acceptors (Lipinski definition) is 3. The third-order valence-electron chi connectivity index (χ3n) is 5.17. The lowest BCUT2D eigenvalue weighted by atomic mass is 10.0. The number of hydrogen-bond donors (Lipinski definition) is 0. The van der Waals surface area contributed by atoms with Gasteiger partial charge >= 0.3 is 6.18 Å². The van der Waals surface area contributed by atoms with Gasteiger partial charge in [-0.2, -0.15) is 13.2 Å². The van der Waals surface area contributed by atoms with E-state index in [9.17, 15) is 18.0 Å². The van der Waals surface area contributed by atoms with Crippen LogP contribution in [0.3, 0.4) is 0 Å².